The van der Waals surface area contributed by atoms with E-state index in [2.05, 4.69) is 22.4 Å². The zero-order valence-corrected chi connectivity index (χ0v) is 18.4. The number of ether oxygens (including phenoxy) is 2. The number of benzene rings is 1. The largest absolute Gasteiger partial charge is 0.461 e. The van der Waals surface area contributed by atoms with Crippen molar-refractivity contribution in [1.29, 1.82) is 0 Å². The Morgan fingerprint density at radius 3 is 2.59 bits per heavy atom. The molecule has 29 heavy (non-hydrogen) atoms. The Hall–Kier alpha value is -2.25. The molecule has 6 nitrogen and oxygen atoms in total. The molecule has 0 saturated carbocycles. The molecule has 158 valence electrons. The van der Waals surface area contributed by atoms with Crippen molar-refractivity contribution < 1.29 is 19.1 Å². The number of carbonyl (C=O) groups is 2. The van der Waals surface area contributed by atoms with E-state index in [1.165, 1.54) is 16.9 Å². The standard InChI is InChI=1S/C22H30N2O4S/c1-5-27-20(25)18-15-29-19(24-18)14-17(21(26)28-22(2,3)4)23-13-9-12-16-10-7-6-8-11-16/h6-8,10-11,15,17,23H,5,9,12-14H2,1-4H3. The van der Waals surface area contributed by atoms with Gasteiger partial charge in [-0.25, -0.2) is 9.78 Å². The van der Waals surface area contributed by atoms with E-state index < -0.39 is 17.6 Å². The molecule has 1 unspecified atom stereocenters. The molecule has 1 N–H and O–H groups in total. The predicted octanol–water partition coefficient (Wildman–Crippen LogP) is 3.80. The fraction of sp³-hybridized carbons (Fsp3) is 0.500. The van der Waals surface area contributed by atoms with E-state index in [1.807, 2.05) is 39.0 Å². The number of thiazole rings is 1. The van der Waals surface area contributed by atoms with Gasteiger partial charge in [-0.15, -0.1) is 11.3 Å². The van der Waals surface area contributed by atoms with Gasteiger partial charge in [0.25, 0.3) is 0 Å². The third-order valence-electron chi connectivity index (χ3n) is 3.98. The molecule has 0 aliphatic carbocycles. The summed E-state index contributed by atoms with van der Waals surface area (Å²) in [5.74, 6) is -0.760. The molecule has 0 radical (unpaired) electrons. The highest BCUT2D eigenvalue weighted by molar-refractivity contribution is 7.09. The van der Waals surface area contributed by atoms with Gasteiger partial charge in [-0.05, 0) is 52.6 Å². The summed E-state index contributed by atoms with van der Waals surface area (Å²) >= 11 is 1.34. The quantitative estimate of drug-likeness (QED) is 0.467. The molecular weight excluding hydrogens is 388 g/mol. The smallest absolute Gasteiger partial charge is 0.357 e. The second-order valence-corrected chi connectivity index (χ2v) is 8.62. The lowest BCUT2D eigenvalue weighted by molar-refractivity contribution is -0.157. The van der Waals surface area contributed by atoms with Crippen LogP contribution in [0, 0.1) is 0 Å². The molecule has 0 fully saturated rings. The van der Waals surface area contributed by atoms with Crippen LogP contribution in [-0.4, -0.2) is 41.7 Å². The molecule has 0 amide bonds. The van der Waals surface area contributed by atoms with E-state index in [9.17, 15) is 9.59 Å². The Balaban J connectivity index is 1.97. The number of aromatic nitrogens is 1. The van der Waals surface area contributed by atoms with Crippen molar-refractivity contribution in [1.82, 2.24) is 10.3 Å². The van der Waals surface area contributed by atoms with Gasteiger partial charge in [-0.3, -0.25) is 4.79 Å². The first-order chi connectivity index (χ1) is 13.8. The van der Waals surface area contributed by atoms with Crippen molar-refractivity contribution in [2.75, 3.05) is 13.2 Å². The van der Waals surface area contributed by atoms with Crippen LogP contribution in [0.3, 0.4) is 0 Å². The molecular formula is C22H30N2O4S. The third-order valence-corrected chi connectivity index (χ3v) is 4.85. The van der Waals surface area contributed by atoms with Gasteiger partial charge in [0.05, 0.1) is 11.6 Å². The highest BCUT2D eigenvalue weighted by Crippen LogP contribution is 2.16. The minimum Gasteiger partial charge on any atom is -0.461 e. The van der Waals surface area contributed by atoms with E-state index >= 15 is 0 Å². The number of aryl methyl sites for hydroxylation is 1. The first kappa shape index (κ1) is 23.0. The molecule has 1 heterocycles. The van der Waals surface area contributed by atoms with Crippen LogP contribution in [0.25, 0.3) is 0 Å². The number of esters is 2. The van der Waals surface area contributed by atoms with E-state index in [0.717, 1.165) is 12.8 Å². The third kappa shape index (κ3) is 8.33. The van der Waals surface area contributed by atoms with Crippen LogP contribution in [-0.2, 0) is 27.1 Å². The first-order valence-electron chi connectivity index (χ1n) is 9.90. The van der Waals surface area contributed by atoms with Gasteiger partial charge in [-0.2, -0.15) is 0 Å². The van der Waals surface area contributed by atoms with E-state index in [0.29, 0.717) is 24.6 Å². The van der Waals surface area contributed by atoms with Crippen molar-refractivity contribution in [3.63, 3.8) is 0 Å². The Labute approximate surface area is 176 Å². The average molecular weight is 419 g/mol. The molecule has 2 aromatic rings. The molecule has 1 aromatic heterocycles. The SMILES string of the molecule is CCOC(=O)c1csc(CC(NCCCc2ccccc2)C(=O)OC(C)(C)C)n1. The van der Waals surface area contributed by atoms with Gasteiger partial charge in [0, 0.05) is 11.8 Å². The van der Waals surface area contributed by atoms with Crippen LogP contribution < -0.4 is 5.32 Å². The molecule has 0 saturated heterocycles. The van der Waals surface area contributed by atoms with Gasteiger partial charge >= 0.3 is 11.9 Å². The van der Waals surface area contributed by atoms with Gasteiger partial charge < -0.3 is 14.8 Å². The summed E-state index contributed by atoms with van der Waals surface area (Å²) in [5, 5.41) is 5.66. The number of nitrogens with one attached hydrogen (secondary N) is 1. The molecule has 1 aromatic carbocycles. The summed E-state index contributed by atoms with van der Waals surface area (Å²) in [6, 6.07) is 9.71. The van der Waals surface area contributed by atoms with E-state index in [4.69, 9.17) is 9.47 Å². The summed E-state index contributed by atoms with van der Waals surface area (Å²) in [7, 11) is 0. The van der Waals surface area contributed by atoms with Crippen LogP contribution in [0.15, 0.2) is 35.7 Å². The average Bonchev–Trinajstić information content (AvgIpc) is 3.12. The Morgan fingerprint density at radius 2 is 1.93 bits per heavy atom. The number of carbonyl (C=O) groups excluding carboxylic acids is 2. The predicted molar refractivity (Wildman–Crippen MR) is 114 cm³/mol. The van der Waals surface area contributed by atoms with Crippen molar-refractivity contribution in [3.8, 4) is 0 Å². The van der Waals surface area contributed by atoms with Crippen LogP contribution in [0.1, 0.15) is 55.2 Å². The number of rotatable bonds is 10. The summed E-state index contributed by atoms with van der Waals surface area (Å²) in [4.78, 5) is 28.8. The van der Waals surface area contributed by atoms with Gasteiger partial charge in [0.1, 0.15) is 11.6 Å². The van der Waals surface area contributed by atoms with Crippen molar-refractivity contribution in [2.45, 2.75) is 58.6 Å². The summed E-state index contributed by atoms with van der Waals surface area (Å²) in [6.45, 7) is 8.27. The number of nitrogens with zero attached hydrogens (tertiary/aromatic N) is 1. The van der Waals surface area contributed by atoms with Crippen LogP contribution in [0.5, 0.6) is 0 Å². The van der Waals surface area contributed by atoms with Crippen LogP contribution in [0.2, 0.25) is 0 Å². The second-order valence-electron chi connectivity index (χ2n) is 7.68. The van der Waals surface area contributed by atoms with Crippen molar-refractivity contribution >= 4 is 23.3 Å². The first-order valence-corrected chi connectivity index (χ1v) is 10.8. The fourth-order valence-electron chi connectivity index (χ4n) is 2.70. The normalized spacial score (nSPS) is 12.4. The van der Waals surface area contributed by atoms with Crippen molar-refractivity contribution in [2.24, 2.45) is 0 Å². The summed E-state index contributed by atoms with van der Waals surface area (Å²) < 4.78 is 10.5. The highest BCUT2D eigenvalue weighted by atomic mass is 32.1. The maximum absolute atomic E-state index is 12.7. The lowest BCUT2D eigenvalue weighted by Gasteiger charge is -2.24. The van der Waals surface area contributed by atoms with Crippen molar-refractivity contribution in [3.05, 3.63) is 52.0 Å². The second kappa shape index (κ2) is 11.1. The maximum Gasteiger partial charge on any atom is 0.357 e. The summed E-state index contributed by atoms with van der Waals surface area (Å²) in [6.07, 6.45) is 2.19. The van der Waals surface area contributed by atoms with Crippen LogP contribution >= 0.6 is 11.3 Å². The zero-order valence-electron chi connectivity index (χ0n) is 17.6. The minimum atomic E-state index is -0.569. The Morgan fingerprint density at radius 1 is 1.21 bits per heavy atom. The lowest BCUT2D eigenvalue weighted by Crippen LogP contribution is -2.43. The maximum atomic E-state index is 12.7. The van der Waals surface area contributed by atoms with Gasteiger partial charge in [0.15, 0.2) is 5.69 Å². The fourth-order valence-corrected chi connectivity index (χ4v) is 3.51. The summed E-state index contributed by atoms with van der Waals surface area (Å²) in [5.41, 5.74) is 0.973. The molecule has 0 spiro atoms. The zero-order chi connectivity index (χ0) is 21.3. The Bertz CT molecular complexity index is 784. The molecule has 1 atom stereocenters. The molecule has 0 bridgehead atoms. The van der Waals surface area contributed by atoms with Crippen LogP contribution in [0.4, 0.5) is 0 Å². The number of hydrogen-bond donors (Lipinski definition) is 1. The molecule has 0 aliphatic rings. The van der Waals surface area contributed by atoms with E-state index in [-0.39, 0.29) is 11.7 Å². The Kier molecular flexibility index (Phi) is 8.79. The highest BCUT2D eigenvalue weighted by Gasteiger charge is 2.26. The topological polar surface area (TPSA) is 77.5 Å². The monoisotopic (exact) mass is 418 g/mol. The lowest BCUT2D eigenvalue weighted by atomic mass is 10.1. The molecule has 7 heteroatoms. The minimum absolute atomic E-state index is 0.277. The van der Waals surface area contributed by atoms with E-state index in [1.54, 1.807) is 12.3 Å². The van der Waals surface area contributed by atoms with Gasteiger partial charge in [-0.1, -0.05) is 30.3 Å². The van der Waals surface area contributed by atoms with Gasteiger partial charge in [0.2, 0.25) is 0 Å². The molecule has 0 aliphatic heterocycles. The molecule has 2 rings (SSSR count). The number of hydrogen-bond acceptors (Lipinski definition) is 7.